The van der Waals surface area contributed by atoms with Crippen LogP contribution >= 0.6 is 0 Å². The van der Waals surface area contributed by atoms with E-state index >= 15 is 0 Å². The van der Waals surface area contributed by atoms with E-state index < -0.39 is 0 Å². The van der Waals surface area contributed by atoms with Crippen LogP contribution in [0.1, 0.15) is 15.9 Å². The summed E-state index contributed by atoms with van der Waals surface area (Å²) in [6.45, 7) is 0. The van der Waals surface area contributed by atoms with Crippen molar-refractivity contribution < 1.29 is 9.59 Å². The van der Waals surface area contributed by atoms with Gasteiger partial charge in [0.05, 0.1) is 0 Å². The molecule has 0 radical (unpaired) electrons. The lowest BCUT2D eigenvalue weighted by Gasteiger charge is -2.12. The molecular weight excluding hydrogens is 264 g/mol. The van der Waals surface area contributed by atoms with E-state index in [-0.39, 0.29) is 11.8 Å². The predicted molar refractivity (Wildman–Crippen MR) is 83.6 cm³/mol. The van der Waals surface area contributed by atoms with Crippen LogP contribution in [0.5, 0.6) is 0 Å². The minimum atomic E-state index is -0.193. The molecule has 108 valence electrons. The van der Waals surface area contributed by atoms with Gasteiger partial charge in [-0.05, 0) is 17.7 Å². The van der Waals surface area contributed by atoms with Crippen molar-refractivity contribution in [3.63, 3.8) is 0 Å². The number of anilines is 1. The number of benzene rings is 2. The first-order valence-corrected chi connectivity index (χ1v) is 6.72. The van der Waals surface area contributed by atoms with Crippen molar-refractivity contribution in [2.75, 3.05) is 19.4 Å². The Balaban J connectivity index is 2.08. The van der Waals surface area contributed by atoms with Crippen molar-refractivity contribution in [1.82, 2.24) is 4.90 Å². The highest BCUT2D eigenvalue weighted by molar-refractivity contribution is 5.97. The number of carbonyl (C=O) groups excluding carboxylic acids is 2. The Morgan fingerprint density at radius 3 is 2.38 bits per heavy atom. The Morgan fingerprint density at radius 1 is 1.00 bits per heavy atom. The van der Waals surface area contributed by atoms with E-state index in [1.165, 1.54) is 4.90 Å². The number of amides is 2. The third kappa shape index (κ3) is 4.18. The highest BCUT2D eigenvalue weighted by atomic mass is 16.2. The topological polar surface area (TPSA) is 49.4 Å². The number of hydrogen-bond acceptors (Lipinski definition) is 2. The van der Waals surface area contributed by atoms with Crippen LogP contribution in [0, 0.1) is 0 Å². The fourth-order valence-corrected chi connectivity index (χ4v) is 1.91. The molecule has 4 heteroatoms. The van der Waals surface area contributed by atoms with Gasteiger partial charge in [-0.15, -0.1) is 0 Å². The molecule has 0 aliphatic carbocycles. The van der Waals surface area contributed by atoms with Crippen molar-refractivity contribution in [2.45, 2.75) is 6.42 Å². The molecule has 21 heavy (non-hydrogen) atoms. The molecule has 2 rings (SSSR count). The van der Waals surface area contributed by atoms with Crippen LogP contribution in [0.3, 0.4) is 0 Å². The van der Waals surface area contributed by atoms with Crippen LogP contribution in [0.2, 0.25) is 0 Å². The Hall–Kier alpha value is -2.62. The zero-order chi connectivity index (χ0) is 15.2. The number of hydrogen-bond donors (Lipinski definition) is 1. The van der Waals surface area contributed by atoms with E-state index in [0.29, 0.717) is 17.7 Å². The van der Waals surface area contributed by atoms with Crippen molar-refractivity contribution in [3.8, 4) is 0 Å². The molecule has 0 bridgehead atoms. The highest BCUT2D eigenvalue weighted by Crippen LogP contribution is 2.14. The molecule has 0 aliphatic heterocycles. The van der Waals surface area contributed by atoms with Gasteiger partial charge in [0.2, 0.25) is 0 Å². The number of nitrogens with one attached hydrogen (secondary N) is 1. The molecule has 2 aromatic carbocycles. The molecule has 0 atom stereocenters. The molecule has 0 aliphatic rings. The average molecular weight is 282 g/mol. The molecule has 0 saturated carbocycles. The molecule has 4 nitrogen and oxygen atoms in total. The molecule has 0 unspecified atom stereocenters. The summed E-state index contributed by atoms with van der Waals surface area (Å²) in [4.78, 5) is 25.2. The molecule has 0 spiro atoms. The normalized spacial score (nSPS) is 10.0. The first-order chi connectivity index (χ1) is 10.1. The van der Waals surface area contributed by atoms with Crippen LogP contribution in [0.4, 0.5) is 10.5 Å². The van der Waals surface area contributed by atoms with Crippen LogP contribution in [0.15, 0.2) is 54.6 Å². The minimum Gasteiger partial charge on any atom is -0.331 e. The maximum atomic E-state index is 12.2. The van der Waals surface area contributed by atoms with Crippen molar-refractivity contribution >= 4 is 17.5 Å². The van der Waals surface area contributed by atoms with E-state index in [4.69, 9.17) is 0 Å². The largest absolute Gasteiger partial charge is 0.331 e. The number of rotatable bonds is 4. The molecule has 2 amide bonds. The summed E-state index contributed by atoms with van der Waals surface area (Å²) in [5.41, 5.74) is 2.26. The van der Waals surface area contributed by atoms with Gasteiger partial charge < -0.3 is 10.2 Å². The van der Waals surface area contributed by atoms with Crippen LogP contribution in [0.25, 0.3) is 0 Å². The van der Waals surface area contributed by atoms with Gasteiger partial charge in [-0.2, -0.15) is 0 Å². The fraction of sp³-hybridized carbons (Fsp3) is 0.176. The van der Waals surface area contributed by atoms with Crippen LogP contribution in [-0.2, 0) is 6.42 Å². The second-order valence-corrected chi connectivity index (χ2v) is 4.99. The van der Waals surface area contributed by atoms with Gasteiger partial charge in [0, 0.05) is 31.8 Å². The van der Waals surface area contributed by atoms with Gasteiger partial charge in [-0.1, -0.05) is 42.5 Å². The van der Waals surface area contributed by atoms with E-state index in [0.717, 1.165) is 5.56 Å². The first-order valence-electron chi connectivity index (χ1n) is 6.72. The SMILES string of the molecule is CN(C)C(=O)Nc1cccc(CC(=O)c2ccccc2)c1. The zero-order valence-electron chi connectivity index (χ0n) is 12.2. The van der Waals surface area contributed by atoms with Crippen molar-refractivity contribution in [1.29, 1.82) is 0 Å². The van der Waals surface area contributed by atoms with Crippen molar-refractivity contribution in [3.05, 3.63) is 65.7 Å². The Morgan fingerprint density at radius 2 is 1.71 bits per heavy atom. The number of ketones is 1. The lowest BCUT2D eigenvalue weighted by molar-refractivity contribution is 0.0993. The van der Waals surface area contributed by atoms with E-state index in [9.17, 15) is 9.59 Å². The Kier molecular flexibility index (Phi) is 4.72. The number of urea groups is 1. The smallest absolute Gasteiger partial charge is 0.321 e. The molecule has 0 fully saturated rings. The molecule has 2 aromatic rings. The van der Waals surface area contributed by atoms with Crippen LogP contribution < -0.4 is 5.32 Å². The Bertz CT molecular complexity index is 636. The van der Waals surface area contributed by atoms with Gasteiger partial charge in [-0.3, -0.25) is 4.79 Å². The number of Topliss-reactive ketones (excluding diaryl/α,β-unsaturated/α-hetero) is 1. The van der Waals surface area contributed by atoms with E-state index in [1.807, 2.05) is 36.4 Å². The van der Waals surface area contributed by atoms with Gasteiger partial charge in [0.15, 0.2) is 5.78 Å². The van der Waals surface area contributed by atoms with Gasteiger partial charge >= 0.3 is 6.03 Å². The van der Waals surface area contributed by atoms with Gasteiger partial charge in [0.1, 0.15) is 0 Å². The van der Waals surface area contributed by atoms with Gasteiger partial charge in [0.25, 0.3) is 0 Å². The van der Waals surface area contributed by atoms with Crippen molar-refractivity contribution in [2.24, 2.45) is 0 Å². The fourth-order valence-electron chi connectivity index (χ4n) is 1.91. The monoisotopic (exact) mass is 282 g/mol. The number of carbonyl (C=O) groups is 2. The third-order valence-electron chi connectivity index (χ3n) is 3.04. The lowest BCUT2D eigenvalue weighted by Crippen LogP contribution is -2.27. The first kappa shape index (κ1) is 14.8. The van der Waals surface area contributed by atoms with Crippen LogP contribution in [-0.4, -0.2) is 30.8 Å². The minimum absolute atomic E-state index is 0.0617. The standard InChI is InChI=1S/C17H18N2O2/c1-19(2)17(21)18-15-10-6-7-13(11-15)12-16(20)14-8-4-3-5-9-14/h3-11H,12H2,1-2H3,(H,18,21). The zero-order valence-corrected chi connectivity index (χ0v) is 12.2. The van der Waals surface area contributed by atoms with E-state index in [2.05, 4.69) is 5.32 Å². The quantitative estimate of drug-likeness (QED) is 0.875. The van der Waals surface area contributed by atoms with E-state index in [1.54, 1.807) is 32.3 Å². The maximum absolute atomic E-state index is 12.2. The highest BCUT2D eigenvalue weighted by Gasteiger charge is 2.08. The Labute approximate surface area is 124 Å². The summed E-state index contributed by atoms with van der Waals surface area (Å²) in [6, 6.07) is 16.3. The summed E-state index contributed by atoms with van der Waals surface area (Å²) in [7, 11) is 3.36. The molecule has 0 heterocycles. The average Bonchev–Trinajstić information content (AvgIpc) is 2.48. The maximum Gasteiger partial charge on any atom is 0.321 e. The third-order valence-corrected chi connectivity index (χ3v) is 3.04. The summed E-state index contributed by atoms with van der Waals surface area (Å²) in [5, 5.41) is 2.77. The predicted octanol–water partition coefficient (Wildman–Crippen LogP) is 3.21. The second kappa shape index (κ2) is 6.70. The summed E-state index contributed by atoms with van der Waals surface area (Å²) in [5.74, 6) is 0.0617. The summed E-state index contributed by atoms with van der Waals surface area (Å²) in [6.07, 6.45) is 0.315. The summed E-state index contributed by atoms with van der Waals surface area (Å²) < 4.78 is 0. The second-order valence-electron chi connectivity index (χ2n) is 4.99. The summed E-state index contributed by atoms with van der Waals surface area (Å²) >= 11 is 0. The molecular formula is C17H18N2O2. The number of nitrogens with zero attached hydrogens (tertiary/aromatic N) is 1. The molecule has 0 saturated heterocycles. The lowest BCUT2D eigenvalue weighted by atomic mass is 10.0. The molecule has 0 aromatic heterocycles. The van der Waals surface area contributed by atoms with Gasteiger partial charge in [-0.25, -0.2) is 4.79 Å². The molecule has 1 N–H and O–H groups in total.